The van der Waals surface area contributed by atoms with Gasteiger partial charge in [0.15, 0.2) is 0 Å². The molecule has 0 unspecified atom stereocenters. The van der Waals surface area contributed by atoms with Crippen LogP contribution in [0.4, 0.5) is 0 Å². The average molecular weight is 116 g/mol. The van der Waals surface area contributed by atoms with E-state index in [1.165, 1.54) is 5.57 Å². The lowest BCUT2D eigenvalue weighted by molar-refractivity contribution is 1.18. The van der Waals surface area contributed by atoms with Crippen LogP contribution in [0.5, 0.6) is 0 Å². The zero-order valence-electron chi connectivity index (χ0n) is 4.11. The summed E-state index contributed by atoms with van der Waals surface area (Å²) in [4.78, 5) is 3.91. The van der Waals surface area contributed by atoms with E-state index in [4.69, 9.17) is 11.6 Å². The highest BCUT2D eigenvalue weighted by Crippen LogP contribution is 2.05. The summed E-state index contributed by atoms with van der Waals surface area (Å²) in [6.45, 7) is 2.80. The van der Waals surface area contributed by atoms with E-state index in [2.05, 4.69) is 4.99 Å². The molecule has 0 bridgehead atoms. The molecule has 1 aliphatic heterocycles. The average Bonchev–Trinajstić information content (AvgIpc) is 1.87. The minimum Gasteiger partial charge on any atom is -0.269 e. The quantitative estimate of drug-likeness (QED) is 0.455. The van der Waals surface area contributed by atoms with Gasteiger partial charge in [-0.15, -0.1) is 0 Å². The van der Waals surface area contributed by atoms with Crippen molar-refractivity contribution < 1.29 is 0 Å². The van der Waals surface area contributed by atoms with E-state index in [0.29, 0.717) is 5.17 Å². The SMILES string of the molecule is CC1=CC(Cl)=NC1. The highest BCUT2D eigenvalue weighted by Gasteiger charge is 1.97. The Kier molecular flexibility index (Phi) is 1.15. The van der Waals surface area contributed by atoms with Gasteiger partial charge in [-0.05, 0) is 18.6 Å². The third-order valence-electron chi connectivity index (χ3n) is 0.845. The fourth-order valence-corrected chi connectivity index (χ4v) is 0.741. The van der Waals surface area contributed by atoms with Gasteiger partial charge in [-0.1, -0.05) is 11.6 Å². The summed E-state index contributed by atoms with van der Waals surface area (Å²) in [7, 11) is 0. The first-order valence-electron chi connectivity index (χ1n) is 2.16. The molecule has 0 amide bonds. The summed E-state index contributed by atoms with van der Waals surface area (Å²) in [6, 6.07) is 0. The van der Waals surface area contributed by atoms with Crippen LogP contribution in [0.15, 0.2) is 16.6 Å². The third-order valence-corrected chi connectivity index (χ3v) is 1.07. The van der Waals surface area contributed by atoms with E-state index in [1.807, 2.05) is 13.0 Å². The second-order valence-electron chi connectivity index (χ2n) is 1.63. The predicted molar refractivity (Wildman–Crippen MR) is 31.9 cm³/mol. The first-order valence-corrected chi connectivity index (χ1v) is 2.54. The Balaban J connectivity index is 2.69. The van der Waals surface area contributed by atoms with Gasteiger partial charge in [-0.25, -0.2) is 0 Å². The van der Waals surface area contributed by atoms with Gasteiger partial charge in [-0.2, -0.15) is 0 Å². The molecule has 0 fully saturated rings. The van der Waals surface area contributed by atoms with Crippen molar-refractivity contribution in [1.82, 2.24) is 0 Å². The number of rotatable bonds is 0. The van der Waals surface area contributed by atoms with Gasteiger partial charge in [0.2, 0.25) is 0 Å². The molecule has 0 aromatic heterocycles. The van der Waals surface area contributed by atoms with Crippen LogP contribution in [-0.4, -0.2) is 11.7 Å². The number of allylic oxidation sites excluding steroid dienone is 1. The molecule has 0 aromatic rings. The first-order chi connectivity index (χ1) is 3.29. The smallest absolute Gasteiger partial charge is 0.123 e. The number of nitrogens with zero attached hydrogens (tertiary/aromatic N) is 1. The van der Waals surface area contributed by atoms with Crippen LogP contribution in [0.25, 0.3) is 0 Å². The number of hydrogen-bond acceptors (Lipinski definition) is 1. The van der Waals surface area contributed by atoms with E-state index >= 15 is 0 Å². The van der Waals surface area contributed by atoms with Crippen molar-refractivity contribution in [2.45, 2.75) is 6.92 Å². The van der Waals surface area contributed by atoms with Crippen LogP contribution in [0.1, 0.15) is 6.92 Å². The predicted octanol–water partition coefficient (Wildman–Crippen LogP) is 1.58. The normalized spacial score (nSPS) is 19.1. The fourth-order valence-electron chi connectivity index (χ4n) is 0.495. The molecule has 38 valence electrons. The molecule has 0 radical (unpaired) electrons. The summed E-state index contributed by atoms with van der Waals surface area (Å²) in [6.07, 6.45) is 1.88. The topological polar surface area (TPSA) is 12.4 Å². The molecule has 1 aliphatic rings. The zero-order valence-corrected chi connectivity index (χ0v) is 4.87. The van der Waals surface area contributed by atoms with Crippen LogP contribution < -0.4 is 0 Å². The van der Waals surface area contributed by atoms with Crippen LogP contribution in [-0.2, 0) is 0 Å². The Morgan fingerprint density at radius 1 is 1.86 bits per heavy atom. The molecule has 1 nitrogen and oxygen atoms in total. The molecule has 1 rings (SSSR count). The van der Waals surface area contributed by atoms with Crippen LogP contribution in [0.2, 0.25) is 0 Å². The minimum absolute atomic E-state index is 0.637. The van der Waals surface area contributed by atoms with Crippen molar-refractivity contribution in [2.75, 3.05) is 6.54 Å². The van der Waals surface area contributed by atoms with Crippen LogP contribution in [0, 0.1) is 0 Å². The Labute approximate surface area is 47.7 Å². The second kappa shape index (κ2) is 1.66. The lowest BCUT2D eigenvalue weighted by atomic mass is 10.3. The highest BCUT2D eigenvalue weighted by atomic mass is 35.5. The second-order valence-corrected chi connectivity index (χ2v) is 2.02. The van der Waals surface area contributed by atoms with Gasteiger partial charge in [0.05, 0.1) is 6.54 Å². The van der Waals surface area contributed by atoms with Gasteiger partial charge in [0.25, 0.3) is 0 Å². The minimum atomic E-state index is 0.637. The summed E-state index contributed by atoms with van der Waals surface area (Å²) < 4.78 is 0. The summed E-state index contributed by atoms with van der Waals surface area (Å²) in [5.74, 6) is 0. The van der Waals surface area contributed by atoms with Crippen molar-refractivity contribution in [3.63, 3.8) is 0 Å². The molecule has 0 aliphatic carbocycles. The molecular formula is C5H6ClN. The van der Waals surface area contributed by atoms with Crippen LogP contribution in [0.3, 0.4) is 0 Å². The first kappa shape index (κ1) is 4.85. The third kappa shape index (κ3) is 1.03. The summed E-state index contributed by atoms with van der Waals surface area (Å²) in [5, 5.41) is 0.637. The monoisotopic (exact) mass is 115 g/mol. The molecule has 0 atom stereocenters. The maximum atomic E-state index is 5.48. The number of hydrogen-bond donors (Lipinski definition) is 0. The van der Waals surface area contributed by atoms with Crippen molar-refractivity contribution >= 4 is 16.8 Å². The van der Waals surface area contributed by atoms with E-state index < -0.39 is 0 Å². The molecule has 1 heterocycles. The Bertz CT molecular complexity index is 135. The standard InChI is InChI=1S/C5H6ClN/c1-4-2-5(6)7-3-4/h2H,3H2,1H3. The largest absolute Gasteiger partial charge is 0.269 e. The van der Waals surface area contributed by atoms with Gasteiger partial charge < -0.3 is 0 Å². The molecular weight excluding hydrogens is 110 g/mol. The number of halogens is 1. The molecule has 0 saturated carbocycles. The summed E-state index contributed by atoms with van der Waals surface area (Å²) in [5.41, 5.74) is 1.24. The molecule has 0 aromatic carbocycles. The highest BCUT2D eigenvalue weighted by molar-refractivity contribution is 6.68. The van der Waals surface area contributed by atoms with Crippen molar-refractivity contribution in [3.8, 4) is 0 Å². The number of aliphatic imine (C=N–C) groups is 1. The maximum absolute atomic E-state index is 5.48. The van der Waals surface area contributed by atoms with Gasteiger partial charge in [-0.3, -0.25) is 4.99 Å². The molecule has 2 heteroatoms. The Morgan fingerprint density at radius 3 is 2.71 bits per heavy atom. The van der Waals surface area contributed by atoms with Crippen molar-refractivity contribution in [1.29, 1.82) is 0 Å². The van der Waals surface area contributed by atoms with Gasteiger partial charge in [0.1, 0.15) is 5.17 Å². The van der Waals surface area contributed by atoms with Gasteiger partial charge >= 0.3 is 0 Å². The summed E-state index contributed by atoms with van der Waals surface area (Å²) >= 11 is 5.48. The molecule has 0 saturated heterocycles. The van der Waals surface area contributed by atoms with E-state index in [0.717, 1.165) is 6.54 Å². The molecule has 0 N–H and O–H groups in total. The lowest BCUT2D eigenvalue weighted by Crippen LogP contribution is -1.70. The maximum Gasteiger partial charge on any atom is 0.123 e. The van der Waals surface area contributed by atoms with E-state index in [1.54, 1.807) is 0 Å². The van der Waals surface area contributed by atoms with E-state index in [-0.39, 0.29) is 0 Å². The van der Waals surface area contributed by atoms with Gasteiger partial charge in [0, 0.05) is 0 Å². The lowest BCUT2D eigenvalue weighted by Gasteiger charge is -1.77. The Hall–Kier alpha value is -0.300. The Morgan fingerprint density at radius 2 is 2.57 bits per heavy atom. The molecule has 7 heavy (non-hydrogen) atoms. The van der Waals surface area contributed by atoms with Crippen molar-refractivity contribution in [2.24, 2.45) is 4.99 Å². The molecule has 0 spiro atoms. The van der Waals surface area contributed by atoms with Crippen LogP contribution >= 0.6 is 11.6 Å². The van der Waals surface area contributed by atoms with Crippen molar-refractivity contribution in [3.05, 3.63) is 11.6 Å². The zero-order chi connectivity index (χ0) is 5.28. The van der Waals surface area contributed by atoms with E-state index in [9.17, 15) is 0 Å². The fraction of sp³-hybridized carbons (Fsp3) is 0.400.